The third-order valence-electron chi connectivity index (χ3n) is 2.78. The minimum Gasteiger partial charge on any atom is -0.307 e. The van der Waals surface area contributed by atoms with E-state index in [1.165, 1.54) is 0 Å². The molecule has 12 heteroatoms. The summed E-state index contributed by atoms with van der Waals surface area (Å²) in [6.45, 7) is -0.0422. The van der Waals surface area contributed by atoms with Gasteiger partial charge in [0.25, 0.3) is 15.7 Å². The molecule has 0 radical (unpaired) electrons. The number of sulfonamides is 1. The van der Waals surface area contributed by atoms with E-state index in [2.05, 4.69) is 5.32 Å². The van der Waals surface area contributed by atoms with Crippen LogP contribution in [0.1, 0.15) is 0 Å². The number of nitro benzene ring substituents is 1. The predicted octanol–water partition coefficient (Wildman–Crippen LogP) is 1.44. The number of nitro groups is 1. The molecule has 0 bridgehead atoms. The van der Waals surface area contributed by atoms with Crippen LogP contribution in [-0.4, -0.2) is 43.2 Å². The second-order valence-electron chi connectivity index (χ2n) is 4.14. The number of hydrogen-bond acceptors (Lipinski definition) is 6. The van der Waals surface area contributed by atoms with E-state index in [1.54, 1.807) is 0 Å². The maximum Gasteiger partial charge on any atom is 0.292 e. The summed E-state index contributed by atoms with van der Waals surface area (Å²) in [5.74, 6) is -0.707. The minimum atomic E-state index is -4.42. The third kappa shape index (κ3) is 3.44. The maximum atomic E-state index is 12.5. The van der Waals surface area contributed by atoms with Crippen molar-refractivity contribution in [1.82, 2.24) is 9.62 Å². The quantitative estimate of drug-likeness (QED) is 0.618. The Labute approximate surface area is 142 Å². The SMILES string of the molecule is Cl.O=C1CNCCN1S(=O)(=O)c1c(Cl)cc(Cl)cc1[N+](=O)[O-]. The third-order valence-corrected chi connectivity index (χ3v) is 5.32. The van der Waals surface area contributed by atoms with Crippen LogP contribution >= 0.6 is 35.6 Å². The van der Waals surface area contributed by atoms with Crippen LogP contribution < -0.4 is 5.32 Å². The first kappa shape index (κ1) is 18.9. The monoisotopic (exact) mass is 389 g/mol. The molecule has 1 aromatic carbocycles. The Hall–Kier alpha value is -1.13. The van der Waals surface area contributed by atoms with Crippen molar-refractivity contribution in [3.05, 3.63) is 32.3 Å². The van der Waals surface area contributed by atoms with Gasteiger partial charge in [0.15, 0.2) is 4.90 Å². The molecule has 0 spiro atoms. The summed E-state index contributed by atoms with van der Waals surface area (Å²) < 4.78 is 25.6. The number of nitrogens with one attached hydrogen (secondary N) is 1. The van der Waals surface area contributed by atoms with Crippen molar-refractivity contribution in [2.24, 2.45) is 0 Å². The fourth-order valence-electron chi connectivity index (χ4n) is 1.89. The van der Waals surface area contributed by atoms with Crippen molar-refractivity contribution >= 4 is 57.2 Å². The number of carbonyl (C=O) groups is 1. The molecular formula is C10H10Cl3N3O5S. The van der Waals surface area contributed by atoms with E-state index in [-0.39, 0.29) is 37.1 Å². The van der Waals surface area contributed by atoms with Gasteiger partial charge in [0.1, 0.15) is 0 Å². The summed E-state index contributed by atoms with van der Waals surface area (Å²) in [6, 6.07) is 1.96. The molecular weight excluding hydrogens is 381 g/mol. The van der Waals surface area contributed by atoms with Crippen molar-refractivity contribution in [3.8, 4) is 0 Å². The van der Waals surface area contributed by atoms with Crippen LogP contribution in [0.25, 0.3) is 0 Å². The van der Waals surface area contributed by atoms with E-state index in [4.69, 9.17) is 23.2 Å². The highest BCUT2D eigenvalue weighted by atomic mass is 35.5. The number of nitrogens with zero attached hydrogens (tertiary/aromatic N) is 2. The summed E-state index contributed by atoms with van der Waals surface area (Å²) >= 11 is 11.5. The van der Waals surface area contributed by atoms with Crippen LogP contribution in [0.2, 0.25) is 10.0 Å². The maximum absolute atomic E-state index is 12.5. The van der Waals surface area contributed by atoms with Crippen molar-refractivity contribution in [2.45, 2.75) is 4.90 Å². The van der Waals surface area contributed by atoms with Crippen molar-refractivity contribution < 1.29 is 18.1 Å². The van der Waals surface area contributed by atoms with Crippen LogP contribution in [0.3, 0.4) is 0 Å². The highest BCUT2D eigenvalue weighted by molar-refractivity contribution is 7.90. The Morgan fingerprint density at radius 3 is 2.50 bits per heavy atom. The van der Waals surface area contributed by atoms with Crippen LogP contribution in [0.4, 0.5) is 5.69 Å². The van der Waals surface area contributed by atoms with Crippen molar-refractivity contribution in [3.63, 3.8) is 0 Å². The highest BCUT2D eigenvalue weighted by Gasteiger charge is 2.38. The van der Waals surface area contributed by atoms with Gasteiger partial charge in [0, 0.05) is 24.2 Å². The van der Waals surface area contributed by atoms with E-state index in [0.717, 1.165) is 12.1 Å². The van der Waals surface area contributed by atoms with E-state index < -0.39 is 36.5 Å². The molecule has 1 aliphatic heterocycles. The molecule has 1 saturated heterocycles. The van der Waals surface area contributed by atoms with Crippen LogP contribution in [-0.2, 0) is 14.8 Å². The van der Waals surface area contributed by atoms with Gasteiger partial charge in [-0.1, -0.05) is 23.2 Å². The molecule has 122 valence electrons. The molecule has 1 heterocycles. The van der Waals surface area contributed by atoms with E-state index in [1.807, 2.05) is 0 Å². The summed E-state index contributed by atoms with van der Waals surface area (Å²) in [4.78, 5) is 21.1. The zero-order valence-electron chi connectivity index (χ0n) is 10.8. The van der Waals surface area contributed by atoms with Gasteiger partial charge in [-0.05, 0) is 6.07 Å². The molecule has 1 aliphatic rings. The van der Waals surface area contributed by atoms with Gasteiger partial charge in [-0.25, -0.2) is 12.7 Å². The van der Waals surface area contributed by atoms with Crippen LogP contribution in [0, 0.1) is 10.1 Å². The second kappa shape index (κ2) is 6.97. The lowest BCUT2D eigenvalue weighted by atomic mass is 10.3. The van der Waals surface area contributed by atoms with Gasteiger partial charge in [-0.3, -0.25) is 14.9 Å². The molecule has 0 aliphatic carbocycles. The number of amides is 1. The van der Waals surface area contributed by atoms with E-state index >= 15 is 0 Å². The molecule has 0 saturated carbocycles. The standard InChI is InChI=1S/C10H9Cl2N3O5S.ClH/c11-6-3-7(12)10(8(4-6)15(17)18)21(19,20)14-2-1-13-5-9(14)16;/h3-4,13H,1-2,5H2;1H. The Morgan fingerprint density at radius 1 is 1.32 bits per heavy atom. The smallest absolute Gasteiger partial charge is 0.292 e. The zero-order chi connectivity index (χ0) is 15.8. The number of halogens is 3. The summed E-state index contributed by atoms with van der Waals surface area (Å²) in [5, 5.41) is 13.3. The number of benzene rings is 1. The van der Waals surface area contributed by atoms with Gasteiger partial charge in [0.2, 0.25) is 5.91 Å². The van der Waals surface area contributed by atoms with Crippen molar-refractivity contribution in [2.75, 3.05) is 19.6 Å². The fraction of sp³-hybridized carbons (Fsp3) is 0.300. The Balaban J connectivity index is 0.00000242. The first-order valence-electron chi connectivity index (χ1n) is 5.65. The number of rotatable bonds is 3. The lowest BCUT2D eigenvalue weighted by molar-refractivity contribution is -0.387. The molecule has 1 fully saturated rings. The van der Waals surface area contributed by atoms with E-state index in [0.29, 0.717) is 4.31 Å². The van der Waals surface area contributed by atoms with Gasteiger partial charge >= 0.3 is 0 Å². The minimum absolute atomic E-state index is 0. The van der Waals surface area contributed by atoms with E-state index in [9.17, 15) is 23.3 Å². The summed E-state index contributed by atoms with van der Waals surface area (Å²) in [6.07, 6.45) is 0. The van der Waals surface area contributed by atoms with Crippen LogP contribution in [0.5, 0.6) is 0 Å². The number of hydrogen-bond donors (Lipinski definition) is 1. The molecule has 0 aromatic heterocycles. The van der Waals surface area contributed by atoms with Gasteiger partial charge in [-0.2, -0.15) is 0 Å². The molecule has 22 heavy (non-hydrogen) atoms. The molecule has 8 nitrogen and oxygen atoms in total. The summed E-state index contributed by atoms with van der Waals surface area (Å²) in [5.41, 5.74) is -0.765. The Kier molecular flexibility index (Phi) is 5.99. The van der Waals surface area contributed by atoms with Gasteiger partial charge in [0.05, 0.1) is 16.5 Å². The second-order valence-corrected chi connectivity index (χ2v) is 6.78. The summed E-state index contributed by atoms with van der Waals surface area (Å²) in [7, 11) is -4.42. The zero-order valence-corrected chi connectivity index (χ0v) is 13.9. The van der Waals surface area contributed by atoms with Crippen LogP contribution in [0.15, 0.2) is 17.0 Å². The predicted molar refractivity (Wildman–Crippen MR) is 82.1 cm³/mol. The van der Waals surface area contributed by atoms with Gasteiger partial charge in [-0.15, -0.1) is 12.4 Å². The molecule has 1 amide bonds. The Morgan fingerprint density at radius 2 is 1.95 bits per heavy atom. The Bertz CT molecular complexity index is 725. The van der Waals surface area contributed by atoms with Gasteiger partial charge < -0.3 is 5.32 Å². The molecule has 2 rings (SSSR count). The average Bonchev–Trinajstić information content (AvgIpc) is 2.37. The molecule has 1 aromatic rings. The first-order valence-corrected chi connectivity index (χ1v) is 7.84. The fourth-order valence-corrected chi connectivity index (χ4v) is 4.25. The molecule has 0 atom stereocenters. The average molecular weight is 391 g/mol. The molecule has 1 N–H and O–H groups in total. The lowest BCUT2D eigenvalue weighted by Gasteiger charge is -2.26. The molecule has 0 unspecified atom stereocenters. The number of carbonyl (C=O) groups excluding carboxylic acids is 1. The highest BCUT2D eigenvalue weighted by Crippen LogP contribution is 2.36. The largest absolute Gasteiger partial charge is 0.307 e. The topological polar surface area (TPSA) is 110 Å². The lowest BCUT2D eigenvalue weighted by Crippen LogP contribution is -2.50. The van der Waals surface area contributed by atoms with Crippen molar-refractivity contribution in [1.29, 1.82) is 0 Å². The normalized spacial score (nSPS) is 15.4. The first-order chi connectivity index (χ1) is 9.75. The number of piperazine rings is 1.